The van der Waals surface area contributed by atoms with Gasteiger partial charge in [0.05, 0.1) is 0 Å². The van der Waals surface area contributed by atoms with Crippen molar-refractivity contribution in [2.75, 3.05) is 7.05 Å². The van der Waals surface area contributed by atoms with E-state index in [1.807, 2.05) is 20.0 Å². The zero-order valence-corrected chi connectivity index (χ0v) is 6.07. The van der Waals surface area contributed by atoms with Gasteiger partial charge in [0.15, 0.2) is 0 Å². The Kier molecular flexibility index (Phi) is 3.52. The molecule has 1 N–H and O–H groups in total. The van der Waals surface area contributed by atoms with Crippen LogP contribution < -0.4 is 5.32 Å². The van der Waals surface area contributed by atoms with E-state index in [0.29, 0.717) is 0 Å². The summed E-state index contributed by atoms with van der Waals surface area (Å²) >= 11 is 0. The van der Waals surface area contributed by atoms with E-state index in [0.717, 1.165) is 11.3 Å². The van der Waals surface area contributed by atoms with Crippen LogP contribution in [0.4, 0.5) is 0 Å². The first-order valence-electron chi connectivity index (χ1n) is 2.88. The topological polar surface area (TPSA) is 12.0 Å². The van der Waals surface area contributed by atoms with Gasteiger partial charge >= 0.3 is 0 Å². The SMILES string of the molecule is C=C/C=C(\C)C(=C)NC. The largest absolute Gasteiger partial charge is 0.388 e. The van der Waals surface area contributed by atoms with Gasteiger partial charge in [-0.2, -0.15) is 0 Å². The van der Waals surface area contributed by atoms with E-state index in [4.69, 9.17) is 0 Å². The third kappa shape index (κ3) is 2.75. The van der Waals surface area contributed by atoms with Gasteiger partial charge in [-0.05, 0) is 12.5 Å². The van der Waals surface area contributed by atoms with Crippen molar-refractivity contribution in [3.05, 3.63) is 36.6 Å². The number of hydrogen-bond donors (Lipinski definition) is 1. The van der Waals surface area contributed by atoms with Gasteiger partial charge in [-0.3, -0.25) is 0 Å². The fraction of sp³-hybridized carbons (Fsp3) is 0.250. The maximum atomic E-state index is 3.76. The molecule has 0 aromatic carbocycles. The Morgan fingerprint density at radius 1 is 1.56 bits per heavy atom. The van der Waals surface area contributed by atoms with Crippen LogP contribution in [-0.2, 0) is 0 Å². The molecule has 0 aliphatic carbocycles. The molecule has 0 spiro atoms. The molecule has 0 heterocycles. The lowest BCUT2D eigenvalue weighted by atomic mass is 10.2. The molecular formula is C8H13N. The van der Waals surface area contributed by atoms with Crippen molar-refractivity contribution in [1.82, 2.24) is 5.32 Å². The van der Waals surface area contributed by atoms with Crippen LogP contribution in [0.3, 0.4) is 0 Å². The molecular weight excluding hydrogens is 110 g/mol. The first kappa shape index (κ1) is 8.02. The van der Waals surface area contributed by atoms with Gasteiger partial charge in [-0.1, -0.05) is 25.3 Å². The number of likely N-dealkylation sites (N-methyl/N-ethyl adjacent to an activating group) is 1. The summed E-state index contributed by atoms with van der Waals surface area (Å²) in [7, 11) is 1.85. The van der Waals surface area contributed by atoms with E-state index in [1.165, 1.54) is 0 Å². The molecule has 0 saturated heterocycles. The Morgan fingerprint density at radius 2 is 2.11 bits per heavy atom. The van der Waals surface area contributed by atoms with Gasteiger partial charge in [0.1, 0.15) is 0 Å². The molecule has 0 atom stereocenters. The highest BCUT2D eigenvalue weighted by Crippen LogP contribution is 2.00. The maximum Gasteiger partial charge on any atom is 0.0294 e. The molecule has 1 nitrogen and oxygen atoms in total. The van der Waals surface area contributed by atoms with Gasteiger partial charge in [0.25, 0.3) is 0 Å². The first-order chi connectivity index (χ1) is 4.22. The fourth-order valence-corrected chi connectivity index (χ4v) is 0.475. The number of hydrogen-bond acceptors (Lipinski definition) is 1. The summed E-state index contributed by atoms with van der Waals surface area (Å²) < 4.78 is 0. The minimum absolute atomic E-state index is 0.940. The van der Waals surface area contributed by atoms with Gasteiger partial charge in [-0.15, -0.1) is 0 Å². The lowest BCUT2D eigenvalue weighted by molar-refractivity contribution is 1.01. The molecule has 0 aliphatic rings. The predicted octanol–water partition coefficient (Wildman–Crippen LogP) is 1.85. The molecule has 0 unspecified atom stereocenters. The molecule has 0 fully saturated rings. The molecule has 50 valence electrons. The van der Waals surface area contributed by atoms with Gasteiger partial charge < -0.3 is 5.32 Å². The van der Waals surface area contributed by atoms with E-state index in [9.17, 15) is 0 Å². The number of rotatable bonds is 3. The van der Waals surface area contributed by atoms with E-state index in [-0.39, 0.29) is 0 Å². The minimum Gasteiger partial charge on any atom is -0.388 e. The number of nitrogens with one attached hydrogen (secondary N) is 1. The molecule has 1 heteroatoms. The zero-order valence-electron chi connectivity index (χ0n) is 6.07. The molecule has 0 aromatic heterocycles. The maximum absolute atomic E-state index is 3.76. The fourth-order valence-electron chi connectivity index (χ4n) is 0.475. The Balaban J connectivity index is 4.01. The molecule has 0 rings (SSSR count). The smallest absolute Gasteiger partial charge is 0.0294 e. The quantitative estimate of drug-likeness (QED) is 0.565. The summed E-state index contributed by atoms with van der Waals surface area (Å²) in [4.78, 5) is 0. The van der Waals surface area contributed by atoms with Crippen LogP contribution in [0.15, 0.2) is 36.6 Å². The van der Waals surface area contributed by atoms with Crippen LogP contribution >= 0.6 is 0 Å². The molecule has 0 amide bonds. The molecule has 9 heavy (non-hydrogen) atoms. The average molecular weight is 123 g/mol. The summed E-state index contributed by atoms with van der Waals surface area (Å²) in [6, 6.07) is 0. The van der Waals surface area contributed by atoms with Crippen molar-refractivity contribution in [2.45, 2.75) is 6.92 Å². The normalized spacial score (nSPS) is 10.7. The highest BCUT2D eigenvalue weighted by atomic mass is 14.8. The molecule has 0 radical (unpaired) electrons. The lowest BCUT2D eigenvalue weighted by Gasteiger charge is -2.01. The Hall–Kier alpha value is -0.980. The molecule has 0 aliphatic heterocycles. The summed E-state index contributed by atoms with van der Waals surface area (Å²) in [5.41, 5.74) is 2.06. The van der Waals surface area contributed by atoms with Crippen LogP contribution in [0, 0.1) is 0 Å². The van der Waals surface area contributed by atoms with E-state index in [2.05, 4.69) is 18.5 Å². The van der Waals surface area contributed by atoms with Gasteiger partial charge in [0, 0.05) is 12.7 Å². The summed E-state index contributed by atoms with van der Waals surface area (Å²) in [5.74, 6) is 0. The minimum atomic E-state index is 0.940. The lowest BCUT2D eigenvalue weighted by Crippen LogP contribution is -2.04. The highest BCUT2D eigenvalue weighted by Gasteiger charge is 1.87. The Bertz CT molecular complexity index is 143. The zero-order chi connectivity index (χ0) is 7.28. The second-order valence-electron chi connectivity index (χ2n) is 1.81. The van der Waals surface area contributed by atoms with Crippen molar-refractivity contribution in [3.8, 4) is 0 Å². The van der Waals surface area contributed by atoms with Crippen LogP contribution in [0.1, 0.15) is 6.92 Å². The van der Waals surface area contributed by atoms with Crippen molar-refractivity contribution in [1.29, 1.82) is 0 Å². The van der Waals surface area contributed by atoms with E-state index in [1.54, 1.807) is 6.08 Å². The predicted molar refractivity (Wildman–Crippen MR) is 42.2 cm³/mol. The van der Waals surface area contributed by atoms with Crippen molar-refractivity contribution in [3.63, 3.8) is 0 Å². The van der Waals surface area contributed by atoms with Crippen LogP contribution in [0.5, 0.6) is 0 Å². The second kappa shape index (κ2) is 3.96. The highest BCUT2D eigenvalue weighted by molar-refractivity contribution is 5.27. The van der Waals surface area contributed by atoms with Crippen LogP contribution in [0.25, 0.3) is 0 Å². The monoisotopic (exact) mass is 123 g/mol. The molecule has 0 bridgehead atoms. The van der Waals surface area contributed by atoms with E-state index < -0.39 is 0 Å². The summed E-state index contributed by atoms with van der Waals surface area (Å²) in [5, 5.41) is 2.94. The van der Waals surface area contributed by atoms with Crippen molar-refractivity contribution >= 4 is 0 Å². The summed E-state index contributed by atoms with van der Waals surface area (Å²) in [6.07, 6.45) is 3.66. The van der Waals surface area contributed by atoms with Crippen molar-refractivity contribution in [2.24, 2.45) is 0 Å². The Labute approximate surface area is 56.8 Å². The second-order valence-corrected chi connectivity index (χ2v) is 1.81. The van der Waals surface area contributed by atoms with Gasteiger partial charge in [-0.25, -0.2) is 0 Å². The summed E-state index contributed by atoms with van der Waals surface area (Å²) in [6.45, 7) is 9.32. The average Bonchev–Trinajstić information content (AvgIpc) is 1.87. The standard InChI is InChI=1S/C8H13N/c1-5-6-7(2)8(3)9-4/h5-6,9H,1,3H2,2,4H3/b7-6+. The van der Waals surface area contributed by atoms with Crippen molar-refractivity contribution < 1.29 is 0 Å². The van der Waals surface area contributed by atoms with Crippen LogP contribution in [-0.4, -0.2) is 7.05 Å². The molecule has 0 saturated carbocycles. The van der Waals surface area contributed by atoms with Crippen LogP contribution in [0.2, 0.25) is 0 Å². The third-order valence-electron chi connectivity index (χ3n) is 1.15. The number of allylic oxidation sites excluding steroid dienone is 3. The Morgan fingerprint density at radius 3 is 2.44 bits per heavy atom. The van der Waals surface area contributed by atoms with Gasteiger partial charge in [0.2, 0.25) is 0 Å². The molecule has 0 aromatic rings. The third-order valence-corrected chi connectivity index (χ3v) is 1.15. The van der Waals surface area contributed by atoms with E-state index >= 15 is 0 Å². The first-order valence-corrected chi connectivity index (χ1v) is 2.88.